The number of fused-ring (bicyclic) bond motifs is 3. The van der Waals surface area contributed by atoms with Crippen molar-refractivity contribution in [3.8, 4) is 0 Å². The molecule has 3 aromatic rings. The third kappa shape index (κ3) is 5.93. The van der Waals surface area contributed by atoms with Gasteiger partial charge in [0.1, 0.15) is 17.3 Å². The first-order chi connectivity index (χ1) is 24.5. The minimum absolute atomic E-state index is 0.103. The van der Waals surface area contributed by atoms with Crippen LogP contribution < -0.4 is 15.1 Å². The molecule has 268 valence electrons. The number of nitrogens with zero attached hydrogens (tertiary/aromatic N) is 7. The number of hydrogen-bond acceptors (Lipinski definition) is 10. The van der Waals surface area contributed by atoms with E-state index in [1.807, 2.05) is 42.7 Å². The van der Waals surface area contributed by atoms with Crippen molar-refractivity contribution in [2.24, 2.45) is 5.41 Å². The number of aromatic nitrogens is 3. The summed E-state index contributed by atoms with van der Waals surface area (Å²) in [6.07, 6.45) is 10.2. The topological polar surface area (TPSA) is 122 Å². The van der Waals surface area contributed by atoms with Gasteiger partial charge in [0.2, 0.25) is 0 Å². The van der Waals surface area contributed by atoms with E-state index in [1.165, 1.54) is 11.3 Å². The van der Waals surface area contributed by atoms with Crippen LogP contribution in [0.15, 0.2) is 67.3 Å². The number of piperazine rings is 1. The van der Waals surface area contributed by atoms with E-state index in [-0.39, 0.29) is 24.0 Å². The van der Waals surface area contributed by atoms with E-state index in [0.717, 1.165) is 56.0 Å². The molecule has 0 radical (unpaired) electrons. The molecule has 1 unspecified atom stereocenters. The number of ether oxygens (including phenoxy) is 1. The predicted octanol–water partition coefficient (Wildman–Crippen LogP) is 3.62. The van der Waals surface area contributed by atoms with Gasteiger partial charge in [-0.2, -0.15) is 0 Å². The van der Waals surface area contributed by atoms with Gasteiger partial charge in [0, 0.05) is 68.5 Å². The monoisotopic (exact) mass is 692 g/mol. The van der Waals surface area contributed by atoms with Gasteiger partial charge in [-0.3, -0.25) is 14.6 Å². The highest BCUT2D eigenvalue weighted by molar-refractivity contribution is 6.06. The number of nitrogens with one attached hydrogen (secondary N) is 1. The van der Waals surface area contributed by atoms with Crippen LogP contribution in [0.1, 0.15) is 53.6 Å². The molecule has 2 saturated heterocycles. The Hall–Kier alpha value is -4.49. The summed E-state index contributed by atoms with van der Waals surface area (Å²) >= 11 is 0. The Balaban J connectivity index is 1.02. The minimum atomic E-state index is -0.938. The van der Waals surface area contributed by atoms with Gasteiger partial charge in [0.25, 0.3) is 5.91 Å². The number of allylic oxidation sites excluding steroid dienone is 2. The number of carbonyl (C=O) groups excluding carboxylic acids is 1. The molecule has 12 heteroatoms. The van der Waals surface area contributed by atoms with E-state index in [2.05, 4.69) is 58.1 Å². The lowest BCUT2D eigenvalue weighted by Crippen LogP contribution is -2.63. The number of rotatable bonds is 8. The first-order valence-electron chi connectivity index (χ1n) is 18.0. The van der Waals surface area contributed by atoms with Gasteiger partial charge in [-0.25, -0.2) is 9.97 Å². The van der Waals surface area contributed by atoms with E-state index >= 15 is 0 Å². The Morgan fingerprint density at radius 3 is 2.67 bits per heavy atom. The van der Waals surface area contributed by atoms with Crippen LogP contribution in [-0.2, 0) is 30.7 Å². The summed E-state index contributed by atoms with van der Waals surface area (Å²) in [5.74, 6) is 0.952. The number of carbonyl (C=O) groups is 1. The predicted molar refractivity (Wildman–Crippen MR) is 197 cm³/mol. The van der Waals surface area contributed by atoms with E-state index in [0.29, 0.717) is 53.8 Å². The Bertz CT molecular complexity index is 1910. The van der Waals surface area contributed by atoms with Gasteiger partial charge >= 0.3 is 0 Å². The average molecular weight is 693 g/mol. The number of pyridine rings is 2. The van der Waals surface area contributed by atoms with E-state index < -0.39 is 6.23 Å². The number of anilines is 3. The van der Waals surface area contributed by atoms with Crippen molar-refractivity contribution < 1.29 is 19.7 Å². The quantitative estimate of drug-likeness (QED) is 0.302. The van der Waals surface area contributed by atoms with Crippen LogP contribution in [0, 0.1) is 5.41 Å². The summed E-state index contributed by atoms with van der Waals surface area (Å²) in [5.41, 5.74) is 7.03. The third-order valence-electron chi connectivity index (χ3n) is 11.2. The third-order valence-corrected chi connectivity index (χ3v) is 11.2. The molecule has 3 atom stereocenters. The summed E-state index contributed by atoms with van der Waals surface area (Å²) < 4.78 is 7.63. The molecule has 7 heterocycles. The molecule has 1 aliphatic carbocycles. The molecule has 0 bridgehead atoms. The molecule has 0 aromatic carbocycles. The molecular formula is C39H48N8O4. The maximum Gasteiger partial charge on any atom is 0.276 e. The van der Waals surface area contributed by atoms with Crippen molar-refractivity contribution in [3.63, 3.8) is 0 Å². The molecule has 2 fully saturated rings. The van der Waals surface area contributed by atoms with Crippen LogP contribution in [0.4, 0.5) is 17.3 Å². The normalized spacial score (nSPS) is 24.9. The molecule has 3 N–H and O–H groups in total. The molecule has 51 heavy (non-hydrogen) atoms. The summed E-state index contributed by atoms with van der Waals surface area (Å²) in [6.45, 7) is 15.1. The van der Waals surface area contributed by atoms with Crippen molar-refractivity contribution in [1.29, 1.82) is 0 Å². The van der Waals surface area contributed by atoms with Crippen molar-refractivity contribution in [3.05, 3.63) is 95.4 Å². The summed E-state index contributed by atoms with van der Waals surface area (Å²) in [5, 5.41) is 25.2. The highest BCUT2D eigenvalue weighted by Crippen LogP contribution is 2.40. The fourth-order valence-electron chi connectivity index (χ4n) is 8.51. The van der Waals surface area contributed by atoms with Gasteiger partial charge < -0.3 is 34.6 Å². The summed E-state index contributed by atoms with van der Waals surface area (Å²) in [7, 11) is 1.80. The fraction of sp³-hybridized carbons (Fsp3) is 0.462. The lowest BCUT2D eigenvalue weighted by molar-refractivity contribution is -0.0818. The number of amides is 1. The van der Waals surface area contributed by atoms with Crippen molar-refractivity contribution in [1.82, 2.24) is 24.3 Å². The number of aliphatic hydroxyl groups is 2. The van der Waals surface area contributed by atoms with Crippen LogP contribution in [0.5, 0.6) is 0 Å². The molecule has 5 aliphatic rings. The second-order valence-electron chi connectivity index (χ2n) is 15.4. The zero-order valence-electron chi connectivity index (χ0n) is 29.9. The zero-order chi connectivity index (χ0) is 35.6. The van der Waals surface area contributed by atoms with Crippen LogP contribution in [0.2, 0.25) is 0 Å². The first-order valence-corrected chi connectivity index (χ1v) is 18.0. The smallest absolute Gasteiger partial charge is 0.276 e. The molecule has 8 rings (SSSR count). The molecule has 12 nitrogen and oxygen atoms in total. The largest absolute Gasteiger partial charge is 0.392 e. The molecular weight excluding hydrogens is 644 g/mol. The van der Waals surface area contributed by atoms with Crippen molar-refractivity contribution >= 4 is 28.8 Å². The molecule has 0 spiro atoms. The number of aliphatic hydroxyl groups excluding tert-OH is 2. The van der Waals surface area contributed by atoms with Crippen LogP contribution in [0.3, 0.4) is 0 Å². The Morgan fingerprint density at radius 2 is 1.96 bits per heavy atom. The second kappa shape index (κ2) is 12.9. The number of hydrogen-bond donors (Lipinski definition) is 3. The summed E-state index contributed by atoms with van der Waals surface area (Å²) in [6, 6.07) is 8.89. The highest BCUT2D eigenvalue weighted by atomic mass is 16.5. The van der Waals surface area contributed by atoms with E-state index in [9.17, 15) is 15.0 Å². The lowest BCUT2D eigenvalue weighted by Gasteiger charge is -2.50. The van der Waals surface area contributed by atoms with Gasteiger partial charge in [-0.1, -0.05) is 19.9 Å². The fourth-order valence-corrected chi connectivity index (χ4v) is 8.51. The number of likely N-dealkylation sites (N-methyl/N-ethyl adjacent to an activating group) is 1. The SMILES string of the molecule is C=C[C@H]1CN(C2COC2)[C@H](C)CN1c1ccc(NC2=CC(c3ccnc(N4CCn5c(cc6c5CC(C)(C)C6)C4=O)c3CO)=CN(C)C2O)nc1. The van der Waals surface area contributed by atoms with E-state index in [1.54, 1.807) is 23.0 Å². The maximum atomic E-state index is 13.9. The van der Waals surface area contributed by atoms with Crippen LogP contribution in [0.25, 0.3) is 5.57 Å². The molecule has 0 saturated carbocycles. The molecule has 4 aliphatic heterocycles. The minimum Gasteiger partial charge on any atom is -0.392 e. The highest BCUT2D eigenvalue weighted by Gasteiger charge is 2.39. The Kier molecular flexibility index (Phi) is 8.53. The van der Waals surface area contributed by atoms with E-state index in [4.69, 9.17) is 9.72 Å². The van der Waals surface area contributed by atoms with Crippen molar-refractivity contribution in [2.45, 2.75) is 71.1 Å². The average Bonchev–Trinajstić information content (AvgIpc) is 3.59. The Labute approximate surface area is 299 Å². The molecule has 3 aromatic heterocycles. The second-order valence-corrected chi connectivity index (χ2v) is 15.4. The standard InChI is InChI=1S/C39H48N8O4/c1-6-27-20-46(29-22-51-23-29)24(2)18-47(27)28-7-8-35(41-17-28)42-32-13-26(19-43(5)37(32)49)30-9-10-40-36(31(30)21-48)45-12-11-44-33(38(45)50)14-25-15-39(3,4)16-34(25)44/h6-10,13-14,17,19,24,27,29,37,48-49H,1,11-12,15-16,18,20-23H2,2-5H3,(H,41,42)/t24-,27+,37?/m1/s1. The molecule has 1 amide bonds. The van der Waals surface area contributed by atoms with Gasteiger partial charge in [-0.05, 0) is 66.6 Å². The van der Waals surface area contributed by atoms with Gasteiger partial charge in [0.15, 0.2) is 6.23 Å². The zero-order valence-corrected chi connectivity index (χ0v) is 29.9. The van der Waals surface area contributed by atoms with Gasteiger partial charge in [-0.15, -0.1) is 6.58 Å². The van der Waals surface area contributed by atoms with Crippen molar-refractivity contribution in [2.75, 3.05) is 55.0 Å². The van der Waals surface area contributed by atoms with Gasteiger partial charge in [0.05, 0.1) is 49.5 Å². The van der Waals surface area contributed by atoms with Crippen LogP contribution >= 0.6 is 0 Å². The maximum absolute atomic E-state index is 13.9. The Morgan fingerprint density at radius 1 is 1.14 bits per heavy atom. The lowest BCUT2D eigenvalue weighted by atomic mass is 9.90. The summed E-state index contributed by atoms with van der Waals surface area (Å²) in [4.78, 5) is 31.5. The van der Waals surface area contributed by atoms with Crippen LogP contribution in [-0.4, -0.2) is 105 Å². The first kappa shape index (κ1) is 33.6.